The van der Waals surface area contributed by atoms with Crippen LogP contribution < -0.4 is 21.2 Å². The first kappa shape index (κ1) is 36.0. The molecule has 4 N–H and O–H groups in total. The van der Waals surface area contributed by atoms with Gasteiger partial charge in [0.25, 0.3) is 0 Å². The molecule has 0 spiro atoms. The van der Waals surface area contributed by atoms with Crippen LogP contribution in [0.2, 0.25) is 5.65 Å². The lowest BCUT2D eigenvalue weighted by Gasteiger charge is -2.07. The first-order chi connectivity index (χ1) is 25.3. The Morgan fingerprint density at radius 2 is 0.625 bits per heavy atom. The van der Waals surface area contributed by atoms with Crippen LogP contribution in [-0.2, 0) is 25.7 Å². The maximum Gasteiger partial charge on any atom is 0.123 e. The summed E-state index contributed by atoms with van der Waals surface area (Å²) in [6.45, 7) is 15.7. The normalized spacial score (nSPS) is 11.7. The summed E-state index contributed by atoms with van der Waals surface area (Å²) >= 11 is 0. The first-order valence-electron chi connectivity index (χ1n) is 20.2. The van der Waals surface area contributed by atoms with Crippen LogP contribution in [0.1, 0.15) is 86.8 Å². The summed E-state index contributed by atoms with van der Waals surface area (Å²) < 4.78 is 31.9. The molecule has 0 aliphatic heterocycles. The Kier molecular flexibility index (Phi) is 23.3. The number of benzene rings is 4. The lowest BCUT2D eigenvalue weighted by molar-refractivity contribution is 0.558. The zero-order chi connectivity index (χ0) is 38.4. The molecule has 0 bridgehead atoms. The van der Waals surface area contributed by atoms with Crippen molar-refractivity contribution in [3.63, 3.8) is 0 Å². The van der Waals surface area contributed by atoms with Crippen LogP contribution in [0.25, 0.3) is 0 Å². The van der Waals surface area contributed by atoms with E-state index >= 15 is 0 Å². The third-order valence-corrected chi connectivity index (χ3v) is 7.45. The Bertz CT molecular complexity index is 1250. The summed E-state index contributed by atoms with van der Waals surface area (Å²) in [5.74, 6) is 0. The Hall–Kier alpha value is -3.28. The van der Waals surface area contributed by atoms with Gasteiger partial charge in [-0.05, 0) is 114 Å². The van der Waals surface area contributed by atoms with Gasteiger partial charge < -0.3 is 21.2 Å². The molecule has 0 saturated heterocycles. The topological polar surface area (TPSA) is 48.1 Å². The molecular weight excluding hydrogens is 585 g/mol. The highest BCUT2D eigenvalue weighted by Gasteiger charge is 1.96. The van der Waals surface area contributed by atoms with Crippen molar-refractivity contribution in [1.29, 1.82) is 0 Å². The second kappa shape index (κ2) is 31.0. The third-order valence-electron chi connectivity index (χ3n) is 7.45. The fourth-order valence-corrected chi connectivity index (χ4v) is 4.80. The van der Waals surface area contributed by atoms with Gasteiger partial charge in [-0.25, -0.2) is 0 Å². The van der Waals surface area contributed by atoms with E-state index in [1.807, 2.05) is 64.1 Å². The van der Waals surface area contributed by atoms with Crippen LogP contribution in [0.5, 0.6) is 0 Å². The molecule has 0 heterocycles. The molecule has 48 heavy (non-hydrogen) atoms. The largest absolute Gasteiger partial charge is 0.304 e. The predicted molar refractivity (Wildman–Crippen MR) is 213 cm³/mol. The molecule has 0 amide bonds. The number of rotatable bonds is 20. The lowest BCUT2D eigenvalue weighted by Crippen LogP contribution is -2.30. The molecule has 4 aromatic carbocycles. The summed E-state index contributed by atoms with van der Waals surface area (Å²) in [5.41, 5.74) is 7.82. The molecule has 0 saturated carbocycles. The molecule has 4 aromatic rings. The summed E-state index contributed by atoms with van der Waals surface area (Å²) in [5, 5.41) is 5.96. The number of hydrogen-bond acceptors (Lipinski definition) is 4. The lowest BCUT2D eigenvalue weighted by atomic mass is 10.1. The molecule has 4 rings (SSSR count). The van der Waals surface area contributed by atoms with Gasteiger partial charge in [0.2, 0.25) is 0 Å². The van der Waals surface area contributed by atoms with Gasteiger partial charge in [0.1, 0.15) is 5.65 Å². The monoisotopic (exact) mass is 657 g/mol. The van der Waals surface area contributed by atoms with Crippen molar-refractivity contribution in [3.8, 4) is 0 Å². The zero-order valence-corrected chi connectivity index (χ0v) is 31.1. The second-order valence-corrected chi connectivity index (χ2v) is 11.4. The Balaban J connectivity index is 0.000000476. The molecule has 0 aliphatic carbocycles. The minimum absolute atomic E-state index is 0.377. The molecule has 0 radical (unpaired) electrons. The van der Waals surface area contributed by atoms with E-state index in [1.54, 1.807) is 0 Å². The molecule has 264 valence electrons. The molecule has 0 aromatic heterocycles. The Morgan fingerprint density at radius 3 is 0.896 bits per heavy atom. The molecule has 4 heteroatoms. The first-order valence-corrected chi connectivity index (χ1v) is 18.4. The zero-order valence-electron chi connectivity index (χ0n) is 35.1. The van der Waals surface area contributed by atoms with Gasteiger partial charge in [-0.15, -0.1) is 0 Å². The highest BCUT2D eigenvalue weighted by molar-refractivity contribution is 5.22. The van der Waals surface area contributed by atoms with E-state index in [2.05, 4.69) is 86.6 Å². The van der Waals surface area contributed by atoms with E-state index in [4.69, 9.17) is 5.65 Å². The highest BCUT2D eigenvalue weighted by Crippen LogP contribution is 2.06. The fraction of sp³-hybridized carbons (Fsp3) is 0.455. The van der Waals surface area contributed by atoms with Crippen LogP contribution in [-0.4, -0.2) is 39.5 Å². The maximum absolute atomic E-state index is 8.00. The Morgan fingerprint density at radius 1 is 0.375 bits per heavy atom. The van der Waals surface area contributed by atoms with Gasteiger partial charge in [0.15, 0.2) is 0 Å². The predicted octanol–water partition coefficient (Wildman–Crippen LogP) is 9.45. The van der Waals surface area contributed by atoms with Crippen molar-refractivity contribution in [2.75, 3.05) is 39.5 Å². The molecule has 0 unspecified atom stereocenters. The molecule has 4 nitrogen and oxygen atoms in total. The van der Waals surface area contributed by atoms with Gasteiger partial charge in [0, 0.05) is 13.3 Å². The molecule has 0 aliphatic rings. The number of aryl methyl sites for hydroxylation is 6. The summed E-state index contributed by atoms with van der Waals surface area (Å²) in [6, 6.07) is 37.9. The van der Waals surface area contributed by atoms with E-state index in [0.29, 0.717) is 39.5 Å². The van der Waals surface area contributed by atoms with Crippen molar-refractivity contribution < 1.29 is 5.65 Å². The van der Waals surface area contributed by atoms with Crippen LogP contribution in [0, 0.1) is 13.8 Å². The average Bonchev–Trinajstić information content (AvgIpc) is 3.16. The number of hydrogen-bond donors (Lipinski definition) is 4. The number of nitrogens with one attached hydrogen (secondary N) is 4. The second-order valence-electron chi connectivity index (χ2n) is 11.4. The smallest absolute Gasteiger partial charge is 0.123 e. The third kappa shape index (κ3) is 23.1. The van der Waals surface area contributed by atoms with Gasteiger partial charge in [-0.2, -0.15) is 0 Å². The minimum atomic E-state index is 0.377. The SMILES string of the molecule is CC.CC.[2H]N(CCCc1ccc(C)cc1)CN([2H])CCCc1ccc(C)cc1.[2H]N(CCCc1ccccc1)CN([2H])CCCc1ccccc1. The van der Waals surface area contributed by atoms with E-state index in [0.717, 1.165) is 51.4 Å². The van der Waals surface area contributed by atoms with E-state index in [-0.39, 0.29) is 0 Å². The van der Waals surface area contributed by atoms with Crippen LogP contribution in [0.15, 0.2) is 109 Å². The quantitative estimate of drug-likeness (QED) is 0.0716. The summed E-state index contributed by atoms with van der Waals surface area (Å²) in [6.07, 6.45) is 7.75. The van der Waals surface area contributed by atoms with Crippen molar-refractivity contribution in [3.05, 3.63) is 143 Å². The fourth-order valence-electron chi connectivity index (χ4n) is 4.80. The van der Waals surface area contributed by atoms with E-state index in [9.17, 15) is 0 Å². The minimum Gasteiger partial charge on any atom is -0.304 e. The van der Waals surface area contributed by atoms with Crippen LogP contribution in [0.4, 0.5) is 0 Å². The van der Waals surface area contributed by atoms with Gasteiger partial charge in [-0.1, -0.05) is 148 Å². The standard InChI is InChI=1S/C21H30N2.C19H26N2.2C2H6/c1-18-7-11-20(12-8-18)5-3-15-22-17-23-16-4-6-21-13-9-19(2)10-14-21;1-3-9-18(10-4-1)13-7-15-20-17-21-16-8-14-19-11-5-2-6-12-19;2*1-2/h7-14,22-23H,3-6,15-17H2,1-2H3;1-6,9-12,20-21H,7-8,13-17H2;2*1-2H3/i/hD4. The average molecular weight is 657 g/mol. The van der Waals surface area contributed by atoms with Crippen molar-refractivity contribution in [2.45, 2.75) is 92.9 Å². The van der Waals surface area contributed by atoms with Gasteiger partial charge in [0.05, 0.1) is 0 Å². The van der Waals surface area contributed by atoms with E-state index < -0.39 is 0 Å². The van der Waals surface area contributed by atoms with Crippen LogP contribution >= 0.6 is 0 Å². The maximum atomic E-state index is 8.00. The van der Waals surface area contributed by atoms with E-state index in [1.165, 1.54) is 54.6 Å². The van der Waals surface area contributed by atoms with Crippen LogP contribution in [0.3, 0.4) is 0 Å². The highest BCUT2D eigenvalue weighted by atomic mass is 15.1. The Labute approximate surface area is 301 Å². The summed E-state index contributed by atoms with van der Waals surface area (Å²) in [7, 11) is 0. The molecule has 0 fully saturated rings. The summed E-state index contributed by atoms with van der Waals surface area (Å²) in [4.78, 5) is 0. The molecule has 0 atom stereocenters. The van der Waals surface area contributed by atoms with Gasteiger partial charge in [-0.3, -0.25) is 0 Å². The van der Waals surface area contributed by atoms with Crippen molar-refractivity contribution in [2.24, 2.45) is 0 Å². The van der Waals surface area contributed by atoms with Crippen molar-refractivity contribution >= 4 is 0 Å². The van der Waals surface area contributed by atoms with Gasteiger partial charge >= 0.3 is 0 Å². The van der Waals surface area contributed by atoms with Crippen molar-refractivity contribution in [1.82, 2.24) is 21.2 Å². The molecular formula is C44H68N4.